The molecule has 0 fully saturated rings. The zero-order valence-corrected chi connectivity index (χ0v) is 7.46. The van der Waals surface area contributed by atoms with E-state index < -0.39 is 0 Å². The van der Waals surface area contributed by atoms with Crippen LogP contribution in [0.4, 0.5) is 0 Å². The summed E-state index contributed by atoms with van der Waals surface area (Å²) in [6.45, 7) is 9.54. The summed E-state index contributed by atoms with van der Waals surface area (Å²) in [6.07, 6.45) is 10.1. The van der Waals surface area contributed by atoms with Gasteiger partial charge >= 0.3 is 0 Å². The smallest absolute Gasteiger partial charge is 0.0534 e. The lowest BCUT2D eigenvalue weighted by Gasteiger charge is -2.12. The van der Waals surface area contributed by atoms with Gasteiger partial charge in [0.25, 0.3) is 0 Å². The quantitative estimate of drug-likeness (QED) is 0.495. The Kier molecular flexibility index (Phi) is 2.92. The summed E-state index contributed by atoms with van der Waals surface area (Å²) >= 11 is 0. The highest BCUT2D eigenvalue weighted by Crippen LogP contribution is 2.16. The second kappa shape index (κ2) is 3.96. The molecule has 0 aromatic rings. The van der Waals surface area contributed by atoms with E-state index in [9.17, 15) is 0 Å². The fraction of sp³-hybridized carbons (Fsp3) is 0.273. The Hall–Kier alpha value is -1.24. The van der Waals surface area contributed by atoms with E-state index in [0.717, 1.165) is 0 Å². The monoisotopic (exact) mass is 161 g/mol. The van der Waals surface area contributed by atoms with Crippen molar-refractivity contribution in [2.24, 2.45) is 5.92 Å². The van der Waals surface area contributed by atoms with Gasteiger partial charge in [0.15, 0.2) is 0 Å². The fourth-order valence-electron chi connectivity index (χ4n) is 1.26. The van der Waals surface area contributed by atoms with Gasteiger partial charge in [0, 0.05) is 5.92 Å². The Balaban J connectivity index is 2.68. The molecule has 1 nitrogen and oxygen atoms in total. The Morgan fingerprint density at radius 1 is 1.50 bits per heavy atom. The minimum absolute atomic E-state index is 0.347. The minimum Gasteiger partial charge on any atom is -0.384 e. The molecule has 0 spiro atoms. The van der Waals surface area contributed by atoms with Crippen LogP contribution in [-0.2, 0) is 0 Å². The molecule has 1 aliphatic heterocycles. The van der Waals surface area contributed by atoms with Crippen LogP contribution in [0.25, 0.3) is 0 Å². The van der Waals surface area contributed by atoms with E-state index >= 15 is 0 Å². The molecule has 0 saturated heterocycles. The first-order valence-corrected chi connectivity index (χ1v) is 4.14. The molecule has 1 aliphatic rings. The van der Waals surface area contributed by atoms with Crippen molar-refractivity contribution in [1.29, 1.82) is 0 Å². The molecule has 1 heterocycles. The molecule has 0 radical (unpaired) electrons. The third-order valence-corrected chi connectivity index (χ3v) is 2.05. The second-order valence-corrected chi connectivity index (χ2v) is 2.98. The van der Waals surface area contributed by atoms with Gasteiger partial charge < -0.3 is 5.32 Å². The summed E-state index contributed by atoms with van der Waals surface area (Å²) < 4.78 is 0. The van der Waals surface area contributed by atoms with Crippen molar-refractivity contribution in [3.63, 3.8) is 0 Å². The first-order valence-electron chi connectivity index (χ1n) is 4.14. The topological polar surface area (TPSA) is 12.0 Å². The Labute approximate surface area is 74.2 Å². The summed E-state index contributed by atoms with van der Waals surface area (Å²) in [5, 5.41) is 3.21. The molecule has 64 valence electrons. The maximum Gasteiger partial charge on any atom is 0.0534 e. The molecular formula is C11H15N. The maximum atomic E-state index is 3.77. The minimum atomic E-state index is 0.347. The molecule has 1 N–H and O–H groups in total. The van der Waals surface area contributed by atoms with Crippen LogP contribution < -0.4 is 5.32 Å². The van der Waals surface area contributed by atoms with E-state index in [2.05, 4.69) is 37.6 Å². The number of allylic oxidation sites excluding steroid dienone is 2. The van der Waals surface area contributed by atoms with Crippen molar-refractivity contribution in [3.8, 4) is 0 Å². The van der Waals surface area contributed by atoms with Crippen molar-refractivity contribution in [2.75, 3.05) is 0 Å². The van der Waals surface area contributed by atoms with E-state index in [1.165, 1.54) is 5.57 Å². The number of hydrogen-bond acceptors (Lipinski definition) is 1. The van der Waals surface area contributed by atoms with Crippen molar-refractivity contribution >= 4 is 0 Å². The van der Waals surface area contributed by atoms with E-state index in [-0.39, 0.29) is 0 Å². The molecule has 2 atom stereocenters. The third-order valence-electron chi connectivity index (χ3n) is 2.05. The summed E-state index contributed by atoms with van der Waals surface area (Å²) in [4.78, 5) is 0. The predicted molar refractivity (Wildman–Crippen MR) is 53.7 cm³/mol. The molecule has 0 bridgehead atoms. The first-order chi connectivity index (χ1) is 5.77. The third kappa shape index (κ3) is 1.88. The van der Waals surface area contributed by atoms with E-state index in [1.54, 1.807) is 0 Å². The molecular weight excluding hydrogens is 146 g/mol. The van der Waals surface area contributed by atoms with Crippen LogP contribution in [-0.4, -0.2) is 6.04 Å². The van der Waals surface area contributed by atoms with Gasteiger partial charge in [-0.25, -0.2) is 0 Å². The first kappa shape index (κ1) is 8.85. The molecule has 1 rings (SSSR count). The average molecular weight is 161 g/mol. The summed E-state index contributed by atoms with van der Waals surface area (Å²) in [5.74, 6) is 0.431. The summed E-state index contributed by atoms with van der Waals surface area (Å²) in [5.41, 5.74) is 1.21. The molecule has 0 aliphatic carbocycles. The number of rotatable bonds is 3. The average Bonchev–Trinajstić information content (AvgIpc) is 2.51. The van der Waals surface area contributed by atoms with Crippen molar-refractivity contribution in [2.45, 2.75) is 13.0 Å². The number of nitrogens with one attached hydrogen (secondary N) is 1. The maximum absolute atomic E-state index is 3.77. The lowest BCUT2D eigenvalue weighted by molar-refractivity contribution is 0.655. The molecule has 12 heavy (non-hydrogen) atoms. The molecule has 0 amide bonds. The molecule has 2 unspecified atom stereocenters. The zero-order valence-electron chi connectivity index (χ0n) is 7.46. The van der Waals surface area contributed by atoms with Gasteiger partial charge in [0.05, 0.1) is 6.04 Å². The summed E-state index contributed by atoms with van der Waals surface area (Å²) in [7, 11) is 0. The van der Waals surface area contributed by atoms with Crippen molar-refractivity contribution in [1.82, 2.24) is 5.32 Å². The van der Waals surface area contributed by atoms with Crippen LogP contribution in [0.1, 0.15) is 6.92 Å². The lowest BCUT2D eigenvalue weighted by Crippen LogP contribution is -2.22. The molecule has 0 aromatic heterocycles. The highest BCUT2D eigenvalue weighted by molar-refractivity contribution is 5.22. The Morgan fingerprint density at radius 2 is 2.25 bits per heavy atom. The largest absolute Gasteiger partial charge is 0.384 e. The van der Waals surface area contributed by atoms with E-state index in [0.29, 0.717) is 12.0 Å². The Bertz CT molecular complexity index is 235. The van der Waals surface area contributed by atoms with Gasteiger partial charge in [0.1, 0.15) is 0 Å². The van der Waals surface area contributed by atoms with Crippen LogP contribution in [0, 0.1) is 5.92 Å². The van der Waals surface area contributed by atoms with Crippen molar-refractivity contribution in [3.05, 3.63) is 49.2 Å². The van der Waals surface area contributed by atoms with Crippen LogP contribution in [0.3, 0.4) is 0 Å². The fourth-order valence-corrected chi connectivity index (χ4v) is 1.26. The second-order valence-electron chi connectivity index (χ2n) is 2.98. The van der Waals surface area contributed by atoms with Crippen LogP contribution in [0.2, 0.25) is 0 Å². The highest BCUT2D eigenvalue weighted by atomic mass is 14.9. The number of hydrogen-bond donors (Lipinski definition) is 1. The van der Waals surface area contributed by atoms with Gasteiger partial charge in [-0.15, -0.1) is 6.58 Å². The van der Waals surface area contributed by atoms with Crippen LogP contribution in [0.5, 0.6) is 0 Å². The van der Waals surface area contributed by atoms with Gasteiger partial charge in [-0.2, -0.15) is 0 Å². The van der Waals surface area contributed by atoms with Gasteiger partial charge in [0.2, 0.25) is 0 Å². The molecule has 0 saturated carbocycles. The molecule has 0 aromatic carbocycles. The SMILES string of the molecule is C=C/C(C)=C\C1C=CNC1C=C. The predicted octanol–water partition coefficient (Wildman–Crippen LogP) is 2.41. The lowest BCUT2D eigenvalue weighted by atomic mass is 10.00. The van der Waals surface area contributed by atoms with Crippen LogP contribution in [0.15, 0.2) is 49.2 Å². The van der Waals surface area contributed by atoms with E-state index in [4.69, 9.17) is 0 Å². The van der Waals surface area contributed by atoms with Gasteiger partial charge in [-0.3, -0.25) is 0 Å². The normalized spacial score (nSPS) is 28.2. The zero-order chi connectivity index (χ0) is 8.97. The highest BCUT2D eigenvalue weighted by Gasteiger charge is 2.16. The van der Waals surface area contributed by atoms with Gasteiger partial charge in [-0.05, 0) is 13.1 Å². The van der Waals surface area contributed by atoms with Gasteiger partial charge in [-0.1, -0.05) is 36.5 Å². The van der Waals surface area contributed by atoms with Crippen LogP contribution >= 0.6 is 0 Å². The summed E-state index contributed by atoms with van der Waals surface area (Å²) in [6, 6.07) is 0.347. The van der Waals surface area contributed by atoms with E-state index in [1.807, 2.05) is 18.4 Å². The molecule has 1 heteroatoms. The standard InChI is InChI=1S/C11H15N/c1-4-9(3)8-10-6-7-12-11(10)5-2/h4-8,10-12H,1-2H2,3H3/b9-8-. The van der Waals surface area contributed by atoms with Crippen molar-refractivity contribution < 1.29 is 0 Å². The Morgan fingerprint density at radius 3 is 2.83 bits per heavy atom.